The molecular weight excluding hydrogens is 465 g/mol. The van der Waals surface area contributed by atoms with Gasteiger partial charge in [0, 0.05) is 28.6 Å². The molecule has 2 N–H and O–H groups in total. The summed E-state index contributed by atoms with van der Waals surface area (Å²) < 4.78 is 15.8. The fourth-order valence-corrected chi connectivity index (χ4v) is 6.26. The van der Waals surface area contributed by atoms with Crippen molar-refractivity contribution in [3.8, 4) is 34.5 Å². The smallest absolute Gasteiger partial charge is 0.194 e. The zero-order valence-electron chi connectivity index (χ0n) is 19.4. The number of phenols is 1. The van der Waals surface area contributed by atoms with Crippen LogP contribution < -0.4 is 10.2 Å². The Morgan fingerprint density at radius 1 is 1.29 bits per heavy atom. The number of fused-ring (bicyclic) bond motifs is 2. The Labute approximate surface area is 206 Å². The summed E-state index contributed by atoms with van der Waals surface area (Å²) in [5, 5.41) is 34.1. The van der Waals surface area contributed by atoms with Crippen molar-refractivity contribution in [2.24, 2.45) is 0 Å². The molecule has 8 nitrogen and oxygen atoms in total. The van der Waals surface area contributed by atoms with E-state index in [1.54, 1.807) is 29.8 Å². The lowest BCUT2D eigenvalue weighted by Crippen LogP contribution is -2.69. The molecule has 1 aliphatic carbocycles. The van der Waals surface area contributed by atoms with Gasteiger partial charge in [-0.25, -0.2) is 14.4 Å². The Morgan fingerprint density at radius 3 is 2.83 bits per heavy atom. The predicted molar refractivity (Wildman–Crippen MR) is 131 cm³/mol. The molecule has 4 heterocycles. The van der Waals surface area contributed by atoms with E-state index in [4.69, 9.17) is 5.26 Å². The summed E-state index contributed by atoms with van der Waals surface area (Å²) >= 11 is 1.26. The van der Waals surface area contributed by atoms with Crippen LogP contribution in [0.5, 0.6) is 5.75 Å². The molecule has 6 rings (SSSR count). The number of aromatic hydroxyl groups is 1. The number of hydrogen-bond acceptors (Lipinski definition) is 9. The summed E-state index contributed by atoms with van der Waals surface area (Å²) in [5.74, 6) is 0.899. The Kier molecular flexibility index (Phi) is 5.42. The zero-order valence-corrected chi connectivity index (χ0v) is 20.2. The number of anilines is 1. The van der Waals surface area contributed by atoms with Crippen molar-refractivity contribution in [2.75, 3.05) is 4.90 Å². The van der Waals surface area contributed by atoms with Crippen molar-refractivity contribution < 1.29 is 9.50 Å². The first-order chi connectivity index (χ1) is 16.9. The van der Waals surface area contributed by atoms with Crippen molar-refractivity contribution in [3.05, 3.63) is 34.8 Å². The topological polar surface area (TPSA) is 111 Å². The minimum absolute atomic E-state index is 0.00512. The first kappa shape index (κ1) is 22.3. The lowest BCUT2D eigenvalue weighted by molar-refractivity contribution is 0.0385. The van der Waals surface area contributed by atoms with E-state index in [1.807, 2.05) is 13.0 Å². The third-order valence-corrected chi connectivity index (χ3v) is 8.25. The van der Waals surface area contributed by atoms with Crippen LogP contribution in [0, 0.1) is 11.3 Å². The van der Waals surface area contributed by atoms with Crippen molar-refractivity contribution in [2.45, 2.75) is 75.3 Å². The molecule has 0 amide bonds. The largest absolute Gasteiger partial charge is 0.507 e. The Bertz CT molecular complexity index is 1290. The van der Waals surface area contributed by atoms with E-state index in [0.29, 0.717) is 39.5 Å². The molecule has 3 fully saturated rings. The first-order valence-corrected chi connectivity index (χ1v) is 12.9. The molecule has 35 heavy (non-hydrogen) atoms. The van der Waals surface area contributed by atoms with E-state index in [9.17, 15) is 5.11 Å². The molecule has 3 aliphatic rings. The lowest BCUT2D eigenvalue weighted by Gasteiger charge is -2.52. The second kappa shape index (κ2) is 8.50. The quantitative estimate of drug-likeness (QED) is 0.546. The van der Waals surface area contributed by atoms with Crippen LogP contribution in [0.15, 0.2) is 29.8 Å². The number of piperidine rings is 2. The molecule has 0 unspecified atom stereocenters. The van der Waals surface area contributed by atoms with Gasteiger partial charge in [-0.15, -0.1) is 21.5 Å². The van der Waals surface area contributed by atoms with Gasteiger partial charge in [0.25, 0.3) is 0 Å². The van der Waals surface area contributed by atoms with E-state index in [2.05, 4.69) is 30.4 Å². The SMILES string of the molecule is C[C@@]12CCC[C@H](C[C@H](N(c3cnc(-c4ccc(-c5csc(C#N)n5)cc4O)nn3)C3CC3)[C@@H]1F)N2. The number of thiazole rings is 1. The summed E-state index contributed by atoms with van der Waals surface area (Å²) in [6, 6.07) is 7.48. The molecule has 2 aliphatic heterocycles. The maximum absolute atomic E-state index is 15.8. The lowest BCUT2D eigenvalue weighted by atomic mass is 9.73. The van der Waals surface area contributed by atoms with Crippen LogP contribution in [0.4, 0.5) is 10.2 Å². The number of benzene rings is 1. The molecular formula is C25H26FN7OS. The number of hydrogen-bond donors (Lipinski definition) is 2. The van der Waals surface area contributed by atoms with E-state index in [1.165, 1.54) is 11.3 Å². The standard InChI is InChI=1S/C25H26FN7OS/c1-25-8-2-3-15(30-25)10-19(23(25)26)33(16-5-6-16)21-12-28-24(32-31-21)17-7-4-14(9-20(17)34)18-13-35-22(11-27)29-18/h4,7,9,12-13,15-16,19,23,30,34H,2-3,5-6,8,10H2,1H3/t15-,19+,23+,25-/m1/s1. The molecule has 0 radical (unpaired) electrons. The Balaban J connectivity index is 1.26. The predicted octanol–water partition coefficient (Wildman–Crippen LogP) is 4.22. The number of aromatic nitrogens is 4. The highest BCUT2D eigenvalue weighted by molar-refractivity contribution is 7.10. The highest BCUT2D eigenvalue weighted by Gasteiger charge is 2.52. The minimum Gasteiger partial charge on any atom is -0.507 e. The average Bonchev–Trinajstić information content (AvgIpc) is 3.57. The molecule has 2 aromatic heterocycles. The van der Waals surface area contributed by atoms with Gasteiger partial charge in [0.05, 0.1) is 23.5 Å². The Morgan fingerprint density at radius 2 is 2.14 bits per heavy atom. The summed E-state index contributed by atoms with van der Waals surface area (Å²) in [6.45, 7) is 2.01. The fourth-order valence-electron chi connectivity index (χ4n) is 5.64. The van der Waals surface area contributed by atoms with E-state index in [0.717, 1.165) is 38.5 Å². The second-order valence-corrected chi connectivity index (χ2v) is 10.9. The first-order valence-electron chi connectivity index (χ1n) is 12.0. The molecule has 10 heteroatoms. The van der Waals surface area contributed by atoms with Crippen LogP contribution in [0.25, 0.3) is 22.6 Å². The number of nitriles is 1. The maximum Gasteiger partial charge on any atom is 0.194 e. The number of phenolic OH excluding ortho intramolecular Hbond substituents is 1. The normalized spacial score (nSPS) is 27.9. The molecule has 2 saturated heterocycles. The van der Waals surface area contributed by atoms with E-state index in [-0.39, 0.29) is 17.8 Å². The second-order valence-electron chi connectivity index (χ2n) is 10.0. The Hall–Kier alpha value is -3.16. The van der Waals surface area contributed by atoms with Gasteiger partial charge in [-0.1, -0.05) is 6.07 Å². The fraction of sp³-hybridized carbons (Fsp3) is 0.480. The molecule has 4 atom stereocenters. The van der Waals surface area contributed by atoms with Crippen LogP contribution in [0.3, 0.4) is 0 Å². The zero-order chi connectivity index (χ0) is 24.2. The van der Waals surface area contributed by atoms with Crippen LogP contribution in [-0.2, 0) is 0 Å². The number of rotatable bonds is 5. The third kappa shape index (κ3) is 4.02. The molecule has 0 spiro atoms. The third-order valence-electron chi connectivity index (χ3n) is 7.50. The van der Waals surface area contributed by atoms with Gasteiger partial charge in [0.2, 0.25) is 0 Å². The van der Waals surface area contributed by atoms with Crippen molar-refractivity contribution in [1.29, 1.82) is 5.26 Å². The minimum atomic E-state index is -0.995. The van der Waals surface area contributed by atoms with Gasteiger partial charge in [0.1, 0.15) is 18.0 Å². The van der Waals surface area contributed by atoms with Gasteiger partial charge in [-0.2, -0.15) is 5.26 Å². The van der Waals surface area contributed by atoms with Gasteiger partial charge >= 0.3 is 0 Å². The molecule has 3 aromatic rings. The van der Waals surface area contributed by atoms with E-state index >= 15 is 4.39 Å². The van der Waals surface area contributed by atoms with Gasteiger partial charge in [0.15, 0.2) is 16.6 Å². The van der Waals surface area contributed by atoms with Crippen LogP contribution in [0.1, 0.15) is 50.5 Å². The molecule has 1 saturated carbocycles. The summed E-state index contributed by atoms with van der Waals surface area (Å²) in [4.78, 5) is 10.8. The van der Waals surface area contributed by atoms with Gasteiger partial charge in [-0.05, 0) is 57.6 Å². The summed E-state index contributed by atoms with van der Waals surface area (Å²) in [7, 11) is 0. The summed E-state index contributed by atoms with van der Waals surface area (Å²) in [6.07, 6.45) is 6.44. The van der Waals surface area contributed by atoms with Gasteiger partial charge in [-0.3, -0.25) is 0 Å². The molecule has 2 bridgehead atoms. The van der Waals surface area contributed by atoms with Crippen LogP contribution in [0.2, 0.25) is 0 Å². The van der Waals surface area contributed by atoms with Crippen molar-refractivity contribution in [3.63, 3.8) is 0 Å². The summed E-state index contributed by atoms with van der Waals surface area (Å²) in [5.41, 5.74) is 1.28. The number of nitrogens with zero attached hydrogens (tertiary/aromatic N) is 6. The van der Waals surface area contributed by atoms with Crippen molar-refractivity contribution in [1.82, 2.24) is 25.5 Å². The monoisotopic (exact) mass is 491 g/mol. The average molecular weight is 492 g/mol. The number of nitrogens with one attached hydrogen (secondary N) is 1. The van der Waals surface area contributed by atoms with Crippen LogP contribution >= 0.6 is 11.3 Å². The van der Waals surface area contributed by atoms with Crippen molar-refractivity contribution >= 4 is 17.2 Å². The number of alkyl halides is 1. The van der Waals surface area contributed by atoms with Crippen LogP contribution in [-0.4, -0.2) is 55.1 Å². The highest BCUT2D eigenvalue weighted by Crippen LogP contribution is 2.43. The molecule has 1 aromatic carbocycles. The van der Waals surface area contributed by atoms with Gasteiger partial charge < -0.3 is 15.3 Å². The highest BCUT2D eigenvalue weighted by atomic mass is 32.1. The number of halogens is 1. The molecule has 180 valence electrons. The van der Waals surface area contributed by atoms with E-state index < -0.39 is 11.7 Å². The maximum atomic E-state index is 15.8.